The summed E-state index contributed by atoms with van der Waals surface area (Å²) in [6.45, 7) is 1.82. The topological polar surface area (TPSA) is 87.5 Å². The molecule has 0 saturated heterocycles. The summed E-state index contributed by atoms with van der Waals surface area (Å²) >= 11 is 0. The number of aromatic carboxylic acids is 1. The highest BCUT2D eigenvalue weighted by Gasteiger charge is 2.08. The largest absolute Gasteiger partial charge is 0.478 e. The van der Waals surface area contributed by atoms with Crippen LogP contribution in [0.1, 0.15) is 22.3 Å². The number of aromatic nitrogens is 2. The van der Waals surface area contributed by atoms with Crippen LogP contribution in [0.15, 0.2) is 43.0 Å². The standard InChI is InChI=1S/C16H20N4O3/c1-19(8-2-9-20-10-7-17-12-20)16(23)18-11-13-3-5-14(6-4-13)15(21)22/h3-7,10,12H,2,8-9,11H2,1H3,(H,18,23)(H,21,22). The Kier molecular flexibility index (Phi) is 5.74. The summed E-state index contributed by atoms with van der Waals surface area (Å²) in [7, 11) is 1.75. The number of benzene rings is 1. The molecule has 7 nitrogen and oxygen atoms in total. The van der Waals surface area contributed by atoms with E-state index in [9.17, 15) is 9.59 Å². The molecule has 0 fully saturated rings. The minimum absolute atomic E-state index is 0.155. The summed E-state index contributed by atoms with van der Waals surface area (Å²) in [4.78, 5) is 28.4. The van der Waals surface area contributed by atoms with E-state index in [1.165, 1.54) is 12.1 Å². The molecule has 0 bridgehead atoms. The number of rotatable bonds is 7. The number of aryl methyl sites for hydroxylation is 1. The van der Waals surface area contributed by atoms with Gasteiger partial charge in [0.2, 0.25) is 0 Å². The Labute approximate surface area is 134 Å². The lowest BCUT2D eigenvalue weighted by atomic mass is 10.1. The number of hydrogen-bond donors (Lipinski definition) is 2. The van der Waals surface area contributed by atoms with Gasteiger partial charge in [0.1, 0.15) is 0 Å². The van der Waals surface area contributed by atoms with Crippen LogP contribution in [0.2, 0.25) is 0 Å². The third-order valence-corrected chi connectivity index (χ3v) is 3.46. The van der Waals surface area contributed by atoms with Gasteiger partial charge in [0.25, 0.3) is 0 Å². The molecule has 1 aromatic carbocycles. The normalized spacial score (nSPS) is 10.3. The van der Waals surface area contributed by atoms with Gasteiger partial charge in [-0.1, -0.05) is 12.1 Å². The molecule has 1 aromatic heterocycles. The zero-order valence-corrected chi connectivity index (χ0v) is 13.0. The summed E-state index contributed by atoms with van der Waals surface area (Å²) in [5.41, 5.74) is 1.09. The van der Waals surface area contributed by atoms with Crippen molar-refractivity contribution in [1.82, 2.24) is 19.8 Å². The molecule has 2 aromatic rings. The van der Waals surface area contributed by atoms with E-state index in [2.05, 4.69) is 10.3 Å². The molecule has 0 aliphatic carbocycles. The summed E-state index contributed by atoms with van der Waals surface area (Å²) in [6.07, 6.45) is 6.21. The highest BCUT2D eigenvalue weighted by Crippen LogP contribution is 2.04. The lowest BCUT2D eigenvalue weighted by Gasteiger charge is -2.18. The molecular weight excluding hydrogens is 296 g/mol. The van der Waals surface area contributed by atoms with Crippen molar-refractivity contribution in [2.45, 2.75) is 19.5 Å². The van der Waals surface area contributed by atoms with E-state index in [1.807, 2.05) is 10.8 Å². The van der Waals surface area contributed by atoms with Crippen LogP contribution >= 0.6 is 0 Å². The second kappa shape index (κ2) is 7.98. The average Bonchev–Trinajstić information content (AvgIpc) is 3.06. The maximum absolute atomic E-state index is 12.0. The van der Waals surface area contributed by atoms with E-state index >= 15 is 0 Å². The quantitative estimate of drug-likeness (QED) is 0.815. The maximum atomic E-state index is 12.0. The molecule has 7 heteroatoms. The second-order valence-corrected chi connectivity index (χ2v) is 5.24. The van der Waals surface area contributed by atoms with Crippen molar-refractivity contribution in [2.75, 3.05) is 13.6 Å². The van der Waals surface area contributed by atoms with Crippen molar-refractivity contribution in [3.63, 3.8) is 0 Å². The Bertz CT molecular complexity index is 638. The minimum Gasteiger partial charge on any atom is -0.478 e. The number of nitrogens with one attached hydrogen (secondary N) is 1. The number of nitrogens with zero attached hydrogens (tertiary/aromatic N) is 3. The first-order valence-electron chi connectivity index (χ1n) is 7.33. The van der Waals surface area contributed by atoms with Gasteiger partial charge in [-0.05, 0) is 24.1 Å². The van der Waals surface area contributed by atoms with Crippen LogP contribution in [0.5, 0.6) is 0 Å². The van der Waals surface area contributed by atoms with Crippen LogP contribution in [-0.4, -0.2) is 45.2 Å². The summed E-state index contributed by atoms with van der Waals surface area (Å²) < 4.78 is 1.97. The van der Waals surface area contributed by atoms with Gasteiger partial charge in [-0.15, -0.1) is 0 Å². The fourth-order valence-corrected chi connectivity index (χ4v) is 2.09. The predicted octanol–water partition coefficient (Wildman–Crippen LogP) is 1.81. The first-order valence-corrected chi connectivity index (χ1v) is 7.33. The van der Waals surface area contributed by atoms with Crippen LogP contribution in [-0.2, 0) is 13.1 Å². The molecule has 0 spiro atoms. The summed E-state index contributed by atoms with van der Waals surface area (Å²) in [6, 6.07) is 6.29. The van der Waals surface area contributed by atoms with Crippen LogP contribution in [0.4, 0.5) is 4.79 Å². The molecule has 0 unspecified atom stereocenters. The van der Waals surface area contributed by atoms with Gasteiger partial charge in [-0.25, -0.2) is 14.6 Å². The van der Waals surface area contributed by atoms with E-state index in [4.69, 9.17) is 5.11 Å². The SMILES string of the molecule is CN(CCCn1ccnc1)C(=O)NCc1ccc(C(=O)O)cc1. The van der Waals surface area contributed by atoms with E-state index < -0.39 is 5.97 Å². The third-order valence-electron chi connectivity index (χ3n) is 3.46. The van der Waals surface area contributed by atoms with E-state index in [-0.39, 0.29) is 11.6 Å². The average molecular weight is 316 g/mol. The van der Waals surface area contributed by atoms with Crippen molar-refractivity contribution in [2.24, 2.45) is 0 Å². The summed E-state index contributed by atoms with van der Waals surface area (Å²) in [5.74, 6) is -0.960. The Morgan fingerprint density at radius 2 is 2.04 bits per heavy atom. The van der Waals surface area contributed by atoms with Crippen molar-refractivity contribution in [3.8, 4) is 0 Å². The monoisotopic (exact) mass is 316 g/mol. The lowest BCUT2D eigenvalue weighted by molar-refractivity contribution is 0.0697. The van der Waals surface area contributed by atoms with E-state index in [1.54, 1.807) is 36.6 Å². The Balaban J connectivity index is 1.71. The van der Waals surface area contributed by atoms with Gasteiger partial charge in [-0.3, -0.25) is 0 Å². The molecular formula is C16H20N4O3. The van der Waals surface area contributed by atoms with Gasteiger partial charge in [-0.2, -0.15) is 0 Å². The molecule has 23 heavy (non-hydrogen) atoms. The van der Waals surface area contributed by atoms with Crippen molar-refractivity contribution in [3.05, 3.63) is 54.1 Å². The van der Waals surface area contributed by atoms with Gasteiger partial charge in [0, 0.05) is 39.1 Å². The van der Waals surface area contributed by atoms with Crippen molar-refractivity contribution < 1.29 is 14.7 Å². The summed E-state index contributed by atoms with van der Waals surface area (Å²) in [5, 5.41) is 11.6. The number of amides is 2. The number of carbonyl (C=O) groups excluding carboxylic acids is 1. The molecule has 2 amide bonds. The van der Waals surface area contributed by atoms with Gasteiger partial charge in [0.15, 0.2) is 0 Å². The number of carboxylic acids is 1. The number of imidazole rings is 1. The number of urea groups is 1. The number of hydrogen-bond acceptors (Lipinski definition) is 3. The van der Waals surface area contributed by atoms with Gasteiger partial charge >= 0.3 is 12.0 Å². The molecule has 2 N–H and O–H groups in total. The van der Waals surface area contributed by atoms with Crippen molar-refractivity contribution in [1.29, 1.82) is 0 Å². The molecule has 2 rings (SSSR count). The molecule has 0 radical (unpaired) electrons. The van der Waals surface area contributed by atoms with Crippen LogP contribution < -0.4 is 5.32 Å². The van der Waals surface area contributed by atoms with Crippen molar-refractivity contribution >= 4 is 12.0 Å². The van der Waals surface area contributed by atoms with Crippen LogP contribution in [0.3, 0.4) is 0 Å². The smallest absolute Gasteiger partial charge is 0.335 e. The molecule has 0 atom stereocenters. The molecule has 0 aliphatic rings. The van der Waals surface area contributed by atoms with Gasteiger partial charge < -0.3 is 19.9 Å². The highest BCUT2D eigenvalue weighted by atomic mass is 16.4. The third kappa shape index (κ3) is 5.14. The van der Waals surface area contributed by atoms with Gasteiger partial charge in [0.05, 0.1) is 11.9 Å². The first-order chi connectivity index (χ1) is 11.1. The second-order valence-electron chi connectivity index (χ2n) is 5.24. The molecule has 1 heterocycles. The number of carbonyl (C=O) groups is 2. The molecule has 0 aliphatic heterocycles. The van der Waals surface area contributed by atoms with Crippen LogP contribution in [0, 0.1) is 0 Å². The fraction of sp³-hybridized carbons (Fsp3) is 0.312. The Morgan fingerprint density at radius 3 is 2.65 bits per heavy atom. The Morgan fingerprint density at radius 1 is 1.30 bits per heavy atom. The molecule has 0 saturated carbocycles. The zero-order valence-electron chi connectivity index (χ0n) is 13.0. The van der Waals surface area contributed by atoms with E-state index in [0.29, 0.717) is 13.1 Å². The molecule has 122 valence electrons. The van der Waals surface area contributed by atoms with E-state index in [0.717, 1.165) is 18.5 Å². The zero-order chi connectivity index (χ0) is 16.7. The lowest BCUT2D eigenvalue weighted by Crippen LogP contribution is -2.37. The first kappa shape index (κ1) is 16.5. The minimum atomic E-state index is -0.960. The highest BCUT2D eigenvalue weighted by molar-refractivity contribution is 5.87. The fourth-order valence-electron chi connectivity index (χ4n) is 2.09. The predicted molar refractivity (Wildman–Crippen MR) is 85.1 cm³/mol. The Hall–Kier alpha value is -2.83. The maximum Gasteiger partial charge on any atom is 0.335 e. The van der Waals surface area contributed by atoms with Crippen LogP contribution in [0.25, 0.3) is 0 Å². The number of carboxylic acid groups (broad SMARTS) is 1.